The van der Waals surface area contributed by atoms with Gasteiger partial charge >= 0.3 is 0 Å². The Labute approximate surface area is 117 Å². The maximum Gasteiger partial charge on any atom is 0.170 e. The van der Waals surface area contributed by atoms with E-state index in [0.717, 1.165) is 30.9 Å². The second-order valence-electron chi connectivity index (χ2n) is 5.76. The van der Waals surface area contributed by atoms with E-state index in [1.54, 1.807) is 0 Å². The molecule has 1 heterocycles. The van der Waals surface area contributed by atoms with Gasteiger partial charge in [0.1, 0.15) is 0 Å². The topological polar surface area (TPSA) is 18.5 Å². The Morgan fingerprint density at radius 3 is 2.78 bits per heavy atom. The monoisotopic (exact) mass is 269 g/mol. The van der Waals surface area contributed by atoms with Crippen molar-refractivity contribution in [2.24, 2.45) is 5.92 Å². The maximum absolute atomic E-state index is 5.39. The standard InChI is InChI=1S/C14H27N3S/c1-2-3-9-17-12-16(11-15-14(17)18)10-13-7-5-4-6-8-13/h13H,2-12H2,1H3,(H,15,18). The normalized spacial score (nSPS) is 23.2. The van der Waals surface area contributed by atoms with E-state index >= 15 is 0 Å². The van der Waals surface area contributed by atoms with E-state index in [0.29, 0.717) is 0 Å². The number of hydrogen-bond donors (Lipinski definition) is 1. The number of thiocarbonyl (C=S) groups is 1. The molecule has 1 aliphatic heterocycles. The Balaban J connectivity index is 1.76. The zero-order chi connectivity index (χ0) is 12.8. The molecule has 0 spiro atoms. The number of hydrogen-bond acceptors (Lipinski definition) is 2. The molecule has 1 aliphatic carbocycles. The summed E-state index contributed by atoms with van der Waals surface area (Å²) in [5, 5.41) is 4.31. The quantitative estimate of drug-likeness (QED) is 0.773. The third-order valence-corrected chi connectivity index (χ3v) is 4.54. The molecule has 0 atom stereocenters. The highest BCUT2D eigenvalue weighted by atomic mass is 32.1. The fraction of sp³-hybridized carbons (Fsp3) is 0.929. The Hall–Kier alpha value is -0.350. The van der Waals surface area contributed by atoms with Gasteiger partial charge in [-0.15, -0.1) is 0 Å². The van der Waals surface area contributed by atoms with Crippen molar-refractivity contribution in [3.63, 3.8) is 0 Å². The van der Waals surface area contributed by atoms with Gasteiger partial charge in [-0.2, -0.15) is 0 Å². The lowest BCUT2D eigenvalue weighted by Crippen LogP contribution is -2.57. The Morgan fingerprint density at radius 2 is 2.06 bits per heavy atom. The van der Waals surface area contributed by atoms with Crippen LogP contribution in [0.2, 0.25) is 0 Å². The summed E-state index contributed by atoms with van der Waals surface area (Å²) >= 11 is 5.39. The van der Waals surface area contributed by atoms with Crippen LogP contribution in [0.5, 0.6) is 0 Å². The van der Waals surface area contributed by atoms with Crippen LogP contribution in [0.1, 0.15) is 51.9 Å². The second kappa shape index (κ2) is 7.29. The molecule has 2 fully saturated rings. The van der Waals surface area contributed by atoms with Crippen LogP contribution in [-0.4, -0.2) is 41.3 Å². The molecule has 0 unspecified atom stereocenters. The molecule has 0 radical (unpaired) electrons. The van der Waals surface area contributed by atoms with Crippen LogP contribution < -0.4 is 5.32 Å². The van der Waals surface area contributed by atoms with E-state index in [-0.39, 0.29) is 0 Å². The van der Waals surface area contributed by atoms with Crippen molar-refractivity contribution in [2.75, 3.05) is 26.4 Å². The molecule has 1 saturated carbocycles. The summed E-state index contributed by atoms with van der Waals surface area (Å²) in [5.41, 5.74) is 0. The summed E-state index contributed by atoms with van der Waals surface area (Å²) < 4.78 is 0. The van der Waals surface area contributed by atoms with Crippen LogP contribution >= 0.6 is 12.2 Å². The van der Waals surface area contributed by atoms with Crippen LogP contribution in [-0.2, 0) is 0 Å². The van der Waals surface area contributed by atoms with E-state index in [4.69, 9.17) is 12.2 Å². The van der Waals surface area contributed by atoms with Crippen molar-refractivity contribution < 1.29 is 0 Å². The first-order valence-corrected chi connectivity index (χ1v) is 7.95. The Kier molecular flexibility index (Phi) is 5.70. The molecule has 0 bridgehead atoms. The lowest BCUT2D eigenvalue weighted by atomic mass is 9.89. The Bertz CT molecular complexity index is 264. The third-order valence-electron chi connectivity index (χ3n) is 4.13. The first kappa shape index (κ1) is 14.1. The second-order valence-corrected chi connectivity index (χ2v) is 6.14. The van der Waals surface area contributed by atoms with Gasteiger partial charge in [-0.1, -0.05) is 32.6 Å². The minimum absolute atomic E-state index is 0.917. The SMILES string of the molecule is CCCCN1CN(CC2CCCCC2)CNC1=S. The van der Waals surface area contributed by atoms with Gasteiger partial charge in [0.25, 0.3) is 0 Å². The maximum atomic E-state index is 5.39. The molecule has 0 aromatic heterocycles. The van der Waals surface area contributed by atoms with Crippen molar-refractivity contribution in [1.82, 2.24) is 15.1 Å². The predicted octanol–water partition coefficient (Wildman–Crippen LogP) is 2.77. The molecule has 0 aromatic rings. The van der Waals surface area contributed by atoms with E-state index in [1.807, 2.05) is 0 Å². The highest BCUT2D eigenvalue weighted by molar-refractivity contribution is 7.80. The van der Waals surface area contributed by atoms with E-state index in [1.165, 1.54) is 51.5 Å². The van der Waals surface area contributed by atoms with Gasteiger partial charge in [-0.3, -0.25) is 4.90 Å². The summed E-state index contributed by atoms with van der Waals surface area (Å²) in [7, 11) is 0. The number of rotatable bonds is 5. The summed E-state index contributed by atoms with van der Waals surface area (Å²) in [6.45, 7) is 6.56. The van der Waals surface area contributed by atoms with Crippen molar-refractivity contribution in [2.45, 2.75) is 51.9 Å². The van der Waals surface area contributed by atoms with Crippen molar-refractivity contribution in [1.29, 1.82) is 0 Å². The molecule has 4 heteroatoms. The lowest BCUT2D eigenvalue weighted by molar-refractivity contribution is 0.120. The third kappa shape index (κ3) is 4.09. The fourth-order valence-corrected chi connectivity index (χ4v) is 3.24. The summed E-state index contributed by atoms with van der Waals surface area (Å²) in [5.74, 6) is 0.917. The van der Waals surface area contributed by atoms with Crippen LogP contribution in [0.25, 0.3) is 0 Å². The van der Waals surface area contributed by atoms with Crippen LogP contribution in [0.3, 0.4) is 0 Å². The molecule has 18 heavy (non-hydrogen) atoms. The van der Waals surface area contributed by atoms with Gasteiger partial charge in [0.05, 0.1) is 13.3 Å². The molecular weight excluding hydrogens is 242 g/mol. The predicted molar refractivity (Wildman–Crippen MR) is 80.4 cm³/mol. The zero-order valence-electron chi connectivity index (χ0n) is 11.7. The molecule has 104 valence electrons. The number of nitrogens with zero attached hydrogens (tertiary/aromatic N) is 2. The highest BCUT2D eigenvalue weighted by Gasteiger charge is 2.23. The summed E-state index contributed by atoms with van der Waals surface area (Å²) in [6.07, 6.45) is 9.64. The van der Waals surface area contributed by atoms with E-state index in [2.05, 4.69) is 22.0 Å². The summed E-state index contributed by atoms with van der Waals surface area (Å²) in [6, 6.07) is 0. The zero-order valence-corrected chi connectivity index (χ0v) is 12.5. The smallest absolute Gasteiger partial charge is 0.170 e. The Morgan fingerprint density at radius 1 is 1.28 bits per heavy atom. The number of nitrogens with one attached hydrogen (secondary N) is 1. The van der Waals surface area contributed by atoms with Crippen LogP contribution in [0.4, 0.5) is 0 Å². The molecular formula is C14H27N3S. The van der Waals surface area contributed by atoms with Gasteiger partial charge in [0.15, 0.2) is 5.11 Å². The van der Waals surface area contributed by atoms with Gasteiger partial charge in [-0.25, -0.2) is 0 Å². The average molecular weight is 269 g/mol. The molecule has 2 rings (SSSR count). The fourth-order valence-electron chi connectivity index (χ4n) is 3.03. The van der Waals surface area contributed by atoms with Crippen LogP contribution in [0.15, 0.2) is 0 Å². The average Bonchev–Trinajstić information content (AvgIpc) is 2.40. The molecule has 0 amide bonds. The highest BCUT2D eigenvalue weighted by Crippen LogP contribution is 2.24. The van der Waals surface area contributed by atoms with E-state index in [9.17, 15) is 0 Å². The molecule has 2 aliphatic rings. The molecule has 3 nitrogen and oxygen atoms in total. The minimum atomic E-state index is 0.917. The van der Waals surface area contributed by atoms with Crippen LogP contribution in [0, 0.1) is 5.92 Å². The van der Waals surface area contributed by atoms with E-state index < -0.39 is 0 Å². The van der Waals surface area contributed by atoms with Crippen molar-refractivity contribution in [3.05, 3.63) is 0 Å². The molecule has 0 aromatic carbocycles. The largest absolute Gasteiger partial charge is 0.350 e. The lowest BCUT2D eigenvalue weighted by Gasteiger charge is -2.40. The molecule has 1 N–H and O–H groups in total. The van der Waals surface area contributed by atoms with Gasteiger partial charge < -0.3 is 10.2 Å². The van der Waals surface area contributed by atoms with Gasteiger partial charge in [-0.05, 0) is 37.4 Å². The minimum Gasteiger partial charge on any atom is -0.350 e. The van der Waals surface area contributed by atoms with Crippen molar-refractivity contribution >= 4 is 17.3 Å². The first-order valence-electron chi connectivity index (χ1n) is 7.54. The van der Waals surface area contributed by atoms with Gasteiger partial charge in [0.2, 0.25) is 0 Å². The molecule has 1 saturated heterocycles. The number of unbranched alkanes of at least 4 members (excludes halogenated alkanes) is 1. The van der Waals surface area contributed by atoms with Gasteiger partial charge in [0, 0.05) is 13.1 Å². The first-order chi connectivity index (χ1) is 8.79. The van der Waals surface area contributed by atoms with Crippen molar-refractivity contribution in [3.8, 4) is 0 Å². The summed E-state index contributed by atoms with van der Waals surface area (Å²) in [4.78, 5) is 4.85.